The van der Waals surface area contributed by atoms with E-state index in [1.807, 2.05) is 6.08 Å². The third-order valence-electron chi connectivity index (χ3n) is 3.67. The average Bonchev–Trinajstić information content (AvgIpc) is 3.19. The van der Waals surface area contributed by atoms with Crippen molar-refractivity contribution < 1.29 is 14.7 Å². The van der Waals surface area contributed by atoms with Gasteiger partial charge in [-0.05, 0) is 25.7 Å². The lowest BCUT2D eigenvalue weighted by Crippen LogP contribution is -2.41. The molecule has 1 aromatic rings. The molecule has 3 rings (SSSR count). The van der Waals surface area contributed by atoms with Crippen LogP contribution < -0.4 is 10.4 Å². The van der Waals surface area contributed by atoms with Crippen LogP contribution >= 0.6 is 11.3 Å². The molecule has 2 aliphatic carbocycles. The van der Waals surface area contributed by atoms with Gasteiger partial charge in [0.2, 0.25) is 11.0 Å². The minimum atomic E-state index is -1.18. The highest BCUT2D eigenvalue weighted by molar-refractivity contribution is 7.15. The predicted octanol–water partition coefficient (Wildman–Crippen LogP) is 0.686. The number of hydrogen-bond donors (Lipinski definition) is 1. The maximum absolute atomic E-state index is 12.2. The van der Waals surface area contributed by atoms with Gasteiger partial charge in [-0.25, -0.2) is 0 Å². The van der Waals surface area contributed by atoms with Gasteiger partial charge in [0.25, 0.3) is 0 Å². The molecule has 7 heteroatoms. The highest BCUT2D eigenvalue weighted by Gasteiger charge is 2.31. The molecule has 2 atom stereocenters. The number of anilines is 1. The summed E-state index contributed by atoms with van der Waals surface area (Å²) in [4.78, 5) is 23.3. The van der Waals surface area contributed by atoms with Gasteiger partial charge in [-0.15, -0.1) is 10.2 Å². The smallest absolute Gasteiger partial charge is 0.230 e. The van der Waals surface area contributed by atoms with Crippen LogP contribution in [0.4, 0.5) is 5.13 Å². The van der Waals surface area contributed by atoms with E-state index in [4.69, 9.17) is 0 Å². The zero-order valence-electron chi connectivity index (χ0n) is 10.7. The molecular formula is C13H14N3O3S-. The number of aromatic nitrogens is 2. The summed E-state index contributed by atoms with van der Waals surface area (Å²) in [5.74, 6) is -2.37. The summed E-state index contributed by atoms with van der Waals surface area (Å²) in [6, 6.07) is 0. The normalized spacial score (nSPS) is 25.4. The molecule has 0 radical (unpaired) electrons. The van der Waals surface area contributed by atoms with Crippen molar-refractivity contribution in [2.75, 3.05) is 5.32 Å². The molecule has 1 amide bonds. The Morgan fingerprint density at radius 2 is 1.90 bits per heavy atom. The third-order valence-corrected chi connectivity index (χ3v) is 4.67. The molecule has 1 fully saturated rings. The lowest BCUT2D eigenvalue weighted by Gasteiger charge is -2.27. The van der Waals surface area contributed by atoms with E-state index in [1.54, 1.807) is 6.08 Å². The number of nitrogens with zero attached hydrogens (tertiary/aromatic N) is 2. The Morgan fingerprint density at radius 1 is 1.20 bits per heavy atom. The molecule has 0 saturated heterocycles. The number of amides is 1. The molecule has 0 bridgehead atoms. The van der Waals surface area contributed by atoms with Gasteiger partial charge in [0.15, 0.2) is 0 Å². The number of allylic oxidation sites excluding steroid dienone is 2. The topological polar surface area (TPSA) is 95.0 Å². The van der Waals surface area contributed by atoms with E-state index >= 15 is 0 Å². The van der Waals surface area contributed by atoms with Crippen LogP contribution in [0.1, 0.15) is 36.6 Å². The second-order valence-electron chi connectivity index (χ2n) is 5.18. The van der Waals surface area contributed by atoms with E-state index in [1.165, 1.54) is 11.3 Å². The number of carboxylic acid groups (broad SMARTS) is 1. The average molecular weight is 292 g/mol. The maximum Gasteiger partial charge on any atom is 0.230 e. The molecule has 2 aliphatic rings. The highest BCUT2D eigenvalue weighted by atomic mass is 32.1. The van der Waals surface area contributed by atoms with Crippen molar-refractivity contribution in [1.82, 2.24) is 10.2 Å². The van der Waals surface area contributed by atoms with Crippen LogP contribution in [0.3, 0.4) is 0 Å². The Morgan fingerprint density at radius 3 is 2.55 bits per heavy atom. The van der Waals surface area contributed by atoms with Gasteiger partial charge < -0.3 is 15.2 Å². The van der Waals surface area contributed by atoms with E-state index < -0.39 is 17.8 Å². The van der Waals surface area contributed by atoms with Gasteiger partial charge in [-0.2, -0.15) is 0 Å². The molecule has 1 aromatic heterocycles. The first kappa shape index (κ1) is 13.2. The Hall–Kier alpha value is -1.76. The first-order chi connectivity index (χ1) is 9.65. The largest absolute Gasteiger partial charge is 0.550 e. The van der Waals surface area contributed by atoms with Gasteiger partial charge in [0.1, 0.15) is 5.01 Å². The molecule has 0 aromatic carbocycles. The fraction of sp³-hybridized carbons (Fsp3) is 0.538. The lowest BCUT2D eigenvalue weighted by atomic mass is 9.82. The SMILES string of the molecule is O=C([O-])[C@H]1CC=CC[C@@H]1C(=O)Nc1nnc(C2CC2)s1. The van der Waals surface area contributed by atoms with E-state index in [0.29, 0.717) is 23.9 Å². The first-order valence-electron chi connectivity index (χ1n) is 6.65. The number of rotatable bonds is 4. The summed E-state index contributed by atoms with van der Waals surface area (Å²) in [7, 11) is 0. The van der Waals surface area contributed by atoms with E-state index in [2.05, 4.69) is 15.5 Å². The molecule has 6 nitrogen and oxygen atoms in total. The van der Waals surface area contributed by atoms with Crippen molar-refractivity contribution in [3.63, 3.8) is 0 Å². The van der Waals surface area contributed by atoms with Crippen LogP contribution in [0, 0.1) is 11.8 Å². The zero-order valence-corrected chi connectivity index (χ0v) is 11.6. The Labute approximate surface area is 119 Å². The van der Waals surface area contributed by atoms with Gasteiger partial charge in [-0.1, -0.05) is 23.5 Å². The van der Waals surface area contributed by atoms with Gasteiger partial charge in [-0.3, -0.25) is 4.79 Å². The fourth-order valence-corrected chi connectivity index (χ4v) is 3.26. The Balaban J connectivity index is 1.67. The molecule has 1 heterocycles. The van der Waals surface area contributed by atoms with Crippen LogP contribution in [0.15, 0.2) is 12.2 Å². The number of carbonyl (C=O) groups excluding carboxylic acids is 2. The van der Waals surface area contributed by atoms with Crippen LogP contribution in [-0.2, 0) is 9.59 Å². The molecule has 0 unspecified atom stereocenters. The van der Waals surface area contributed by atoms with Crippen LogP contribution in [-0.4, -0.2) is 22.1 Å². The number of carbonyl (C=O) groups is 2. The summed E-state index contributed by atoms with van der Waals surface area (Å²) >= 11 is 1.37. The van der Waals surface area contributed by atoms with Crippen molar-refractivity contribution in [3.05, 3.63) is 17.2 Å². The first-order valence-corrected chi connectivity index (χ1v) is 7.47. The molecular weight excluding hydrogens is 278 g/mol. The number of carboxylic acids is 1. The van der Waals surface area contributed by atoms with E-state index in [0.717, 1.165) is 17.8 Å². The van der Waals surface area contributed by atoms with Gasteiger partial charge in [0, 0.05) is 17.8 Å². The van der Waals surface area contributed by atoms with Gasteiger partial charge in [0.05, 0.1) is 5.92 Å². The molecule has 106 valence electrons. The highest BCUT2D eigenvalue weighted by Crippen LogP contribution is 2.42. The Bertz CT molecular complexity index is 565. The quantitative estimate of drug-likeness (QED) is 0.824. The van der Waals surface area contributed by atoms with Crippen molar-refractivity contribution in [3.8, 4) is 0 Å². The summed E-state index contributed by atoms with van der Waals surface area (Å²) in [6.07, 6.45) is 6.62. The summed E-state index contributed by atoms with van der Waals surface area (Å²) < 4.78 is 0. The molecule has 1 N–H and O–H groups in total. The number of hydrogen-bond acceptors (Lipinski definition) is 6. The molecule has 0 aliphatic heterocycles. The monoisotopic (exact) mass is 292 g/mol. The zero-order chi connectivity index (χ0) is 14.1. The van der Waals surface area contributed by atoms with E-state index in [-0.39, 0.29) is 5.91 Å². The van der Waals surface area contributed by atoms with Crippen molar-refractivity contribution >= 4 is 28.3 Å². The summed E-state index contributed by atoms with van der Waals surface area (Å²) in [5, 5.41) is 23.1. The van der Waals surface area contributed by atoms with Crippen LogP contribution in [0.25, 0.3) is 0 Å². The molecule has 1 saturated carbocycles. The predicted molar refractivity (Wildman–Crippen MR) is 70.9 cm³/mol. The molecule has 20 heavy (non-hydrogen) atoms. The standard InChI is InChI=1S/C13H15N3O3S/c17-10(8-3-1-2-4-9(8)12(18)19)14-13-16-15-11(20-13)7-5-6-7/h1-2,7-9H,3-6H2,(H,18,19)(H,14,16,17)/p-1/t8-,9-/m0/s1. The van der Waals surface area contributed by atoms with Crippen molar-refractivity contribution in [2.24, 2.45) is 11.8 Å². The van der Waals surface area contributed by atoms with Crippen molar-refractivity contribution in [1.29, 1.82) is 0 Å². The third kappa shape index (κ3) is 2.72. The minimum absolute atomic E-state index is 0.318. The second-order valence-corrected chi connectivity index (χ2v) is 6.19. The Kier molecular flexibility index (Phi) is 3.52. The van der Waals surface area contributed by atoms with Crippen LogP contribution in [0.2, 0.25) is 0 Å². The van der Waals surface area contributed by atoms with Crippen LogP contribution in [0.5, 0.6) is 0 Å². The number of aliphatic carboxylic acids is 1. The lowest BCUT2D eigenvalue weighted by molar-refractivity contribution is -0.313. The van der Waals surface area contributed by atoms with Gasteiger partial charge >= 0.3 is 0 Å². The number of nitrogens with one attached hydrogen (secondary N) is 1. The summed E-state index contributed by atoms with van der Waals surface area (Å²) in [6.45, 7) is 0. The van der Waals surface area contributed by atoms with E-state index in [9.17, 15) is 14.7 Å². The summed E-state index contributed by atoms with van der Waals surface area (Å²) in [5.41, 5.74) is 0. The fourth-order valence-electron chi connectivity index (χ4n) is 2.34. The van der Waals surface area contributed by atoms with Crippen molar-refractivity contribution in [2.45, 2.75) is 31.6 Å². The minimum Gasteiger partial charge on any atom is -0.550 e. The maximum atomic E-state index is 12.2. The molecule has 0 spiro atoms. The second kappa shape index (κ2) is 5.32.